The number of unbranched alkanes of at least 4 members (excludes halogenated alkanes) is 8. The minimum absolute atomic E-state index is 0.0859. The van der Waals surface area contributed by atoms with Crippen molar-refractivity contribution in [1.82, 2.24) is 0 Å². The average molecular weight is 459 g/mol. The fraction of sp³-hybridized carbons (Fsp3) is 0.963. The molecule has 5 heteroatoms. The molecule has 0 saturated heterocycles. The van der Waals surface area contributed by atoms with Gasteiger partial charge in [-0.1, -0.05) is 78.1 Å². The molecule has 0 radical (unpaired) electrons. The average Bonchev–Trinajstić information content (AvgIpc) is 2.77. The van der Waals surface area contributed by atoms with Crippen molar-refractivity contribution in [2.75, 3.05) is 39.6 Å². The molecule has 0 aliphatic heterocycles. The molecule has 0 spiro atoms. The lowest BCUT2D eigenvalue weighted by atomic mass is 9.95. The Bertz CT molecular complexity index is 386. The van der Waals surface area contributed by atoms with E-state index in [0.29, 0.717) is 58.4 Å². The predicted octanol–water partition coefficient (Wildman–Crippen LogP) is 7.11. The Morgan fingerprint density at radius 2 is 1.19 bits per heavy atom. The molecule has 0 aliphatic rings. The molecule has 0 fully saturated rings. The first-order valence-corrected chi connectivity index (χ1v) is 13.5. The maximum atomic E-state index is 12.1. The molecule has 0 saturated carbocycles. The molecule has 0 heterocycles. The van der Waals surface area contributed by atoms with Gasteiger partial charge in [-0.2, -0.15) is 0 Å². The van der Waals surface area contributed by atoms with Crippen LogP contribution in [0, 0.1) is 5.92 Å². The van der Waals surface area contributed by atoms with Gasteiger partial charge in [0.2, 0.25) is 0 Å². The molecule has 1 unspecified atom stereocenters. The highest BCUT2D eigenvalue weighted by molar-refractivity contribution is 5.69. The highest BCUT2D eigenvalue weighted by atomic mass is 16.5. The maximum Gasteiger partial charge on any atom is 0.305 e. The summed E-state index contributed by atoms with van der Waals surface area (Å²) in [6.07, 6.45) is 16.8. The summed E-state index contributed by atoms with van der Waals surface area (Å²) < 4.78 is 22.0. The van der Waals surface area contributed by atoms with Crippen molar-refractivity contribution in [2.24, 2.45) is 5.92 Å². The van der Waals surface area contributed by atoms with E-state index in [1.54, 1.807) is 0 Å². The number of rotatable bonds is 25. The lowest BCUT2D eigenvalue weighted by Gasteiger charge is -2.17. The van der Waals surface area contributed by atoms with Gasteiger partial charge in [-0.25, -0.2) is 0 Å². The predicted molar refractivity (Wildman–Crippen MR) is 133 cm³/mol. The first kappa shape index (κ1) is 31.4. The number of carbonyl (C=O) groups is 1. The first-order chi connectivity index (χ1) is 15.6. The lowest BCUT2D eigenvalue weighted by Crippen LogP contribution is -2.15. The molecule has 0 aliphatic carbocycles. The third-order valence-corrected chi connectivity index (χ3v) is 5.63. The third kappa shape index (κ3) is 24.0. The topological polar surface area (TPSA) is 54.0 Å². The number of ether oxygens (including phenoxy) is 4. The van der Waals surface area contributed by atoms with Gasteiger partial charge in [-0.15, -0.1) is 0 Å². The van der Waals surface area contributed by atoms with E-state index >= 15 is 0 Å². The fourth-order valence-electron chi connectivity index (χ4n) is 3.65. The second kappa shape index (κ2) is 25.0. The van der Waals surface area contributed by atoms with Gasteiger partial charge in [-0.05, 0) is 39.0 Å². The Morgan fingerprint density at radius 3 is 1.81 bits per heavy atom. The Hall–Kier alpha value is -0.650. The first-order valence-electron chi connectivity index (χ1n) is 13.5. The number of hydrogen-bond donors (Lipinski definition) is 0. The lowest BCUT2D eigenvalue weighted by molar-refractivity contribution is -0.145. The SMILES string of the molecule is CCCCCCCCC(CCCCCC)COC(=O)CCCOCCOCCOC(C)C. The highest BCUT2D eigenvalue weighted by Crippen LogP contribution is 2.19. The van der Waals surface area contributed by atoms with Crippen molar-refractivity contribution in [3.8, 4) is 0 Å². The molecule has 0 N–H and O–H groups in total. The van der Waals surface area contributed by atoms with E-state index in [-0.39, 0.29) is 12.1 Å². The summed E-state index contributed by atoms with van der Waals surface area (Å²) in [4.78, 5) is 12.1. The highest BCUT2D eigenvalue weighted by Gasteiger charge is 2.12. The van der Waals surface area contributed by atoms with Gasteiger partial charge in [0, 0.05) is 13.0 Å². The Balaban J connectivity index is 3.79. The van der Waals surface area contributed by atoms with Gasteiger partial charge in [0.1, 0.15) is 0 Å². The Labute approximate surface area is 199 Å². The Morgan fingerprint density at radius 1 is 0.656 bits per heavy atom. The van der Waals surface area contributed by atoms with Gasteiger partial charge in [0.15, 0.2) is 0 Å². The van der Waals surface area contributed by atoms with Crippen LogP contribution in [0.15, 0.2) is 0 Å². The van der Waals surface area contributed by atoms with E-state index in [4.69, 9.17) is 18.9 Å². The van der Waals surface area contributed by atoms with Crippen molar-refractivity contribution in [1.29, 1.82) is 0 Å². The second-order valence-corrected chi connectivity index (χ2v) is 9.20. The zero-order valence-corrected chi connectivity index (χ0v) is 21.8. The molecular weight excluding hydrogens is 404 g/mol. The molecular formula is C27H54O5. The molecule has 0 aromatic rings. The van der Waals surface area contributed by atoms with Crippen LogP contribution in [-0.4, -0.2) is 51.7 Å². The van der Waals surface area contributed by atoms with Crippen LogP contribution in [0.3, 0.4) is 0 Å². The standard InChI is InChI=1S/C27H54O5/c1-5-7-9-11-12-14-17-26(16-13-10-8-6-2)24-32-27(28)18-15-19-29-20-21-30-22-23-31-25(3)4/h25-26H,5-24H2,1-4H3. The van der Waals surface area contributed by atoms with Crippen LogP contribution in [0.1, 0.15) is 118 Å². The zero-order valence-electron chi connectivity index (χ0n) is 21.8. The zero-order chi connectivity index (χ0) is 23.7. The Kier molecular flexibility index (Phi) is 24.5. The van der Waals surface area contributed by atoms with E-state index in [2.05, 4.69) is 13.8 Å². The van der Waals surface area contributed by atoms with E-state index in [1.165, 1.54) is 77.0 Å². The van der Waals surface area contributed by atoms with Crippen LogP contribution in [0.2, 0.25) is 0 Å². The molecule has 192 valence electrons. The summed E-state index contributed by atoms with van der Waals surface area (Å²) in [5.74, 6) is 0.437. The van der Waals surface area contributed by atoms with Gasteiger partial charge in [-0.3, -0.25) is 4.79 Å². The van der Waals surface area contributed by atoms with Gasteiger partial charge < -0.3 is 18.9 Å². The van der Waals surface area contributed by atoms with Crippen LogP contribution < -0.4 is 0 Å². The van der Waals surface area contributed by atoms with Crippen LogP contribution in [-0.2, 0) is 23.7 Å². The van der Waals surface area contributed by atoms with E-state index in [1.807, 2.05) is 13.8 Å². The van der Waals surface area contributed by atoms with Gasteiger partial charge in [0.05, 0.1) is 39.1 Å². The molecule has 0 aromatic carbocycles. The van der Waals surface area contributed by atoms with Crippen LogP contribution >= 0.6 is 0 Å². The monoisotopic (exact) mass is 458 g/mol. The molecule has 0 bridgehead atoms. The van der Waals surface area contributed by atoms with Crippen LogP contribution in [0.4, 0.5) is 0 Å². The summed E-state index contributed by atoms with van der Waals surface area (Å²) in [7, 11) is 0. The summed E-state index contributed by atoms with van der Waals surface area (Å²) >= 11 is 0. The minimum atomic E-state index is -0.0859. The van der Waals surface area contributed by atoms with Crippen LogP contribution in [0.25, 0.3) is 0 Å². The summed E-state index contributed by atoms with van der Waals surface area (Å²) in [5.41, 5.74) is 0. The van der Waals surface area contributed by atoms with Crippen LogP contribution in [0.5, 0.6) is 0 Å². The van der Waals surface area contributed by atoms with E-state index in [0.717, 1.165) is 0 Å². The number of esters is 1. The molecule has 5 nitrogen and oxygen atoms in total. The maximum absolute atomic E-state index is 12.1. The minimum Gasteiger partial charge on any atom is -0.465 e. The quantitative estimate of drug-likeness (QED) is 0.108. The summed E-state index contributed by atoms with van der Waals surface area (Å²) in [6.45, 7) is 12.0. The normalized spacial score (nSPS) is 12.4. The molecule has 0 aromatic heterocycles. The molecule has 0 rings (SSSR count). The largest absolute Gasteiger partial charge is 0.465 e. The molecule has 1 atom stereocenters. The van der Waals surface area contributed by atoms with Crippen molar-refractivity contribution < 1.29 is 23.7 Å². The van der Waals surface area contributed by atoms with Crippen molar-refractivity contribution in [3.63, 3.8) is 0 Å². The fourth-order valence-corrected chi connectivity index (χ4v) is 3.65. The van der Waals surface area contributed by atoms with E-state index in [9.17, 15) is 4.79 Å². The second-order valence-electron chi connectivity index (χ2n) is 9.20. The smallest absolute Gasteiger partial charge is 0.305 e. The number of carbonyl (C=O) groups excluding carboxylic acids is 1. The summed E-state index contributed by atoms with van der Waals surface area (Å²) in [6, 6.07) is 0. The number of hydrogen-bond acceptors (Lipinski definition) is 5. The van der Waals surface area contributed by atoms with E-state index < -0.39 is 0 Å². The van der Waals surface area contributed by atoms with Crippen molar-refractivity contribution in [2.45, 2.75) is 124 Å². The third-order valence-electron chi connectivity index (χ3n) is 5.63. The van der Waals surface area contributed by atoms with Crippen molar-refractivity contribution >= 4 is 5.97 Å². The van der Waals surface area contributed by atoms with Gasteiger partial charge >= 0.3 is 5.97 Å². The van der Waals surface area contributed by atoms with Gasteiger partial charge in [0.25, 0.3) is 0 Å². The summed E-state index contributed by atoms with van der Waals surface area (Å²) in [5, 5.41) is 0. The molecule has 0 amide bonds. The van der Waals surface area contributed by atoms with Crippen molar-refractivity contribution in [3.05, 3.63) is 0 Å². The molecule has 32 heavy (non-hydrogen) atoms.